The van der Waals surface area contributed by atoms with E-state index in [2.05, 4.69) is 5.10 Å². The van der Waals surface area contributed by atoms with E-state index in [1.807, 2.05) is 13.0 Å². The van der Waals surface area contributed by atoms with Gasteiger partial charge >= 0.3 is 0 Å². The van der Waals surface area contributed by atoms with Crippen LogP contribution >= 0.6 is 0 Å². The number of hydrogen-bond donors (Lipinski definition) is 1. The van der Waals surface area contributed by atoms with Gasteiger partial charge in [-0.3, -0.25) is 9.59 Å². The molecule has 6 heteroatoms. The first-order valence-corrected chi connectivity index (χ1v) is 6.67. The van der Waals surface area contributed by atoms with Crippen LogP contribution in [-0.2, 0) is 0 Å². The zero-order valence-electron chi connectivity index (χ0n) is 12.1. The van der Waals surface area contributed by atoms with Crippen molar-refractivity contribution in [3.63, 3.8) is 0 Å². The molecule has 0 aliphatic heterocycles. The van der Waals surface area contributed by atoms with Gasteiger partial charge in [0, 0.05) is 25.7 Å². The number of rotatable bonds is 4. The Morgan fingerprint density at radius 2 is 1.95 bits per heavy atom. The van der Waals surface area contributed by atoms with Crippen molar-refractivity contribution in [2.24, 2.45) is 5.73 Å². The van der Waals surface area contributed by atoms with Gasteiger partial charge in [0.05, 0.1) is 5.69 Å². The molecule has 1 atom stereocenters. The molecule has 1 aromatic carbocycles. The van der Waals surface area contributed by atoms with Crippen molar-refractivity contribution in [3.05, 3.63) is 58.5 Å². The summed E-state index contributed by atoms with van der Waals surface area (Å²) >= 11 is 0. The monoisotopic (exact) mass is 286 g/mol. The summed E-state index contributed by atoms with van der Waals surface area (Å²) in [7, 11) is 1.67. The zero-order chi connectivity index (χ0) is 15.4. The Kier molecular flexibility index (Phi) is 4.49. The van der Waals surface area contributed by atoms with Gasteiger partial charge in [0.2, 0.25) is 0 Å². The van der Waals surface area contributed by atoms with Gasteiger partial charge in [-0.15, -0.1) is 0 Å². The molecule has 0 spiro atoms. The molecule has 2 N–H and O–H groups in total. The third kappa shape index (κ3) is 3.17. The Morgan fingerprint density at radius 1 is 1.29 bits per heavy atom. The van der Waals surface area contributed by atoms with E-state index in [1.54, 1.807) is 31.3 Å². The number of aromatic nitrogens is 2. The van der Waals surface area contributed by atoms with Crippen LogP contribution in [0.4, 0.5) is 0 Å². The van der Waals surface area contributed by atoms with E-state index in [-0.39, 0.29) is 23.2 Å². The minimum atomic E-state index is -0.285. The van der Waals surface area contributed by atoms with Crippen LogP contribution in [0.1, 0.15) is 17.4 Å². The Bertz CT molecular complexity index is 682. The number of likely N-dealkylation sites (N-methyl/N-ethyl adjacent to an activating group) is 1. The van der Waals surface area contributed by atoms with E-state index in [0.717, 1.165) is 0 Å². The summed E-state index contributed by atoms with van der Waals surface area (Å²) in [6.07, 6.45) is 0. The summed E-state index contributed by atoms with van der Waals surface area (Å²) in [5.74, 6) is -0.266. The number of benzene rings is 1. The molecule has 0 radical (unpaired) electrons. The molecule has 0 bridgehead atoms. The fourth-order valence-corrected chi connectivity index (χ4v) is 1.82. The lowest BCUT2D eigenvalue weighted by Crippen LogP contribution is -2.40. The maximum Gasteiger partial charge on any atom is 0.274 e. The van der Waals surface area contributed by atoms with E-state index >= 15 is 0 Å². The number of carbonyl (C=O) groups excluding carboxylic acids is 1. The molecule has 0 fully saturated rings. The van der Waals surface area contributed by atoms with Crippen molar-refractivity contribution >= 4 is 5.91 Å². The lowest BCUT2D eigenvalue weighted by molar-refractivity contribution is 0.0740. The Balaban J connectivity index is 2.40. The number of hydrogen-bond acceptors (Lipinski definition) is 4. The molecule has 1 heterocycles. The smallest absolute Gasteiger partial charge is 0.274 e. The average Bonchev–Trinajstić information content (AvgIpc) is 2.54. The highest BCUT2D eigenvalue weighted by atomic mass is 16.2. The van der Waals surface area contributed by atoms with Crippen molar-refractivity contribution in [1.82, 2.24) is 14.7 Å². The molecule has 21 heavy (non-hydrogen) atoms. The molecule has 110 valence electrons. The second kappa shape index (κ2) is 6.32. The highest BCUT2D eigenvalue weighted by molar-refractivity contribution is 5.92. The maximum absolute atomic E-state index is 12.3. The third-order valence-corrected chi connectivity index (χ3v) is 3.34. The van der Waals surface area contributed by atoms with Crippen LogP contribution in [0.2, 0.25) is 0 Å². The van der Waals surface area contributed by atoms with Crippen molar-refractivity contribution in [2.45, 2.75) is 13.0 Å². The number of carbonyl (C=O) groups is 1. The molecule has 0 saturated carbocycles. The van der Waals surface area contributed by atoms with Gasteiger partial charge in [0.25, 0.3) is 11.5 Å². The average molecular weight is 286 g/mol. The minimum Gasteiger partial charge on any atom is -0.336 e. The molecule has 0 saturated heterocycles. The molecule has 1 unspecified atom stereocenters. The molecular weight excluding hydrogens is 268 g/mol. The predicted molar refractivity (Wildman–Crippen MR) is 80.4 cm³/mol. The quantitative estimate of drug-likeness (QED) is 0.895. The van der Waals surface area contributed by atoms with Crippen LogP contribution in [0, 0.1) is 0 Å². The number of amides is 1. The van der Waals surface area contributed by atoms with E-state index in [0.29, 0.717) is 12.2 Å². The van der Waals surface area contributed by atoms with Crippen molar-refractivity contribution in [3.8, 4) is 5.69 Å². The fourth-order valence-electron chi connectivity index (χ4n) is 1.82. The highest BCUT2D eigenvalue weighted by Gasteiger charge is 2.18. The summed E-state index contributed by atoms with van der Waals surface area (Å²) in [5, 5.41) is 4.15. The van der Waals surface area contributed by atoms with Crippen LogP contribution in [0.25, 0.3) is 5.69 Å². The van der Waals surface area contributed by atoms with Crippen LogP contribution in [0.5, 0.6) is 0 Å². The van der Waals surface area contributed by atoms with E-state index < -0.39 is 0 Å². The Hall–Kier alpha value is -2.47. The maximum atomic E-state index is 12.3. The highest BCUT2D eigenvalue weighted by Crippen LogP contribution is 2.05. The zero-order valence-corrected chi connectivity index (χ0v) is 12.1. The van der Waals surface area contributed by atoms with E-state index in [1.165, 1.54) is 21.7 Å². The van der Waals surface area contributed by atoms with Gasteiger partial charge < -0.3 is 10.6 Å². The second-order valence-corrected chi connectivity index (χ2v) is 4.80. The molecule has 2 aromatic rings. The van der Waals surface area contributed by atoms with Gasteiger partial charge in [-0.1, -0.05) is 18.2 Å². The van der Waals surface area contributed by atoms with E-state index in [9.17, 15) is 9.59 Å². The number of nitrogens with two attached hydrogens (primary N) is 1. The lowest BCUT2D eigenvalue weighted by Gasteiger charge is -2.23. The van der Waals surface area contributed by atoms with Crippen molar-refractivity contribution < 1.29 is 4.79 Å². The molecule has 0 aliphatic rings. The van der Waals surface area contributed by atoms with Crippen LogP contribution < -0.4 is 11.3 Å². The van der Waals surface area contributed by atoms with Crippen LogP contribution in [0.15, 0.2) is 47.3 Å². The summed E-state index contributed by atoms with van der Waals surface area (Å²) in [5.41, 5.74) is 6.11. The summed E-state index contributed by atoms with van der Waals surface area (Å²) < 4.78 is 1.22. The molecule has 6 nitrogen and oxygen atoms in total. The first-order chi connectivity index (χ1) is 10.0. The van der Waals surface area contributed by atoms with Crippen molar-refractivity contribution in [2.75, 3.05) is 13.6 Å². The standard InChI is InChI=1S/C15H18N4O2/c1-11(10-16)18(2)15(21)13-8-9-14(20)19(17-13)12-6-4-3-5-7-12/h3-9,11H,10,16H2,1-2H3. The second-order valence-electron chi connectivity index (χ2n) is 4.80. The first kappa shape index (κ1) is 14.9. The lowest BCUT2D eigenvalue weighted by atomic mass is 10.2. The SMILES string of the molecule is CC(CN)N(C)C(=O)c1ccc(=O)n(-c2ccccc2)n1. The first-order valence-electron chi connectivity index (χ1n) is 6.67. The summed E-state index contributed by atoms with van der Waals surface area (Å²) in [4.78, 5) is 25.8. The largest absolute Gasteiger partial charge is 0.336 e. The molecule has 2 rings (SSSR count). The van der Waals surface area contributed by atoms with E-state index in [4.69, 9.17) is 5.73 Å². The van der Waals surface area contributed by atoms with Crippen molar-refractivity contribution in [1.29, 1.82) is 0 Å². The number of nitrogens with zero attached hydrogens (tertiary/aromatic N) is 3. The van der Waals surface area contributed by atoms with Gasteiger partial charge in [0.15, 0.2) is 0 Å². The predicted octanol–water partition coefficient (Wildman–Crippen LogP) is 0.652. The van der Waals surface area contributed by atoms with Crippen LogP contribution in [0.3, 0.4) is 0 Å². The van der Waals surface area contributed by atoms with Crippen LogP contribution in [-0.4, -0.2) is 40.2 Å². The molecule has 1 aromatic heterocycles. The molecular formula is C15H18N4O2. The Labute approximate surface area is 122 Å². The van der Waals surface area contributed by atoms with Gasteiger partial charge in [-0.2, -0.15) is 9.78 Å². The molecule has 1 amide bonds. The third-order valence-electron chi connectivity index (χ3n) is 3.34. The fraction of sp³-hybridized carbons (Fsp3) is 0.267. The summed E-state index contributed by atoms with van der Waals surface area (Å²) in [6.45, 7) is 2.21. The number of para-hydroxylation sites is 1. The normalized spacial score (nSPS) is 12.0. The molecule has 0 aliphatic carbocycles. The minimum absolute atomic E-state index is 0.101. The summed E-state index contributed by atoms with van der Waals surface area (Å²) in [6, 6.07) is 11.7. The van der Waals surface area contributed by atoms with Gasteiger partial charge in [0.1, 0.15) is 5.69 Å². The van der Waals surface area contributed by atoms with Gasteiger partial charge in [-0.05, 0) is 25.1 Å². The Morgan fingerprint density at radius 3 is 2.57 bits per heavy atom. The van der Waals surface area contributed by atoms with Gasteiger partial charge in [-0.25, -0.2) is 0 Å². The topological polar surface area (TPSA) is 81.2 Å².